The van der Waals surface area contributed by atoms with Crippen LogP contribution in [0, 0.1) is 5.92 Å². The van der Waals surface area contributed by atoms with Crippen LogP contribution in [0.3, 0.4) is 0 Å². The predicted octanol–water partition coefficient (Wildman–Crippen LogP) is 1.89. The third kappa shape index (κ3) is 3.61. The van der Waals surface area contributed by atoms with Crippen molar-refractivity contribution in [2.45, 2.75) is 12.8 Å². The van der Waals surface area contributed by atoms with Gasteiger partial charge in [0.05, 0.1) is 12.7 Å². The number of nitrogens with one attached hydrogen (secondary N) is 1. The van der Waals surface area contributed by atoms with Crippen LogP contribution < -0.4 is 11.1 Å². The Morgan fingerprint density at radius 3 is 2.89 bits per heavy atom. The predicted molar refractivity (Wildman–Crippen MR) is 74.2 cm³/mol. The number of esters is 1. The van der Waals surface area contributed by atoms with E-state index in [-0.39, 0.29) is 0 Å². The fourth-order valence-corrected chi connectivity index (χ4v) is 2.17. The lowest BCUT2D eigenvalue weighted by Crippen LogP contribution is -2.22. The molecule has 0 amide bonds. The van der Waals surface area contributed by atoms with Gasteiger partial charge >= 0.3 is 5.97 Å². The molecule has 1 aliphatic heterocycles. The molecule has 1 aromatic carbocycles. The second kappa shape index (κ2) is 6.43. The van der Waals surface area contributed by atoms with Crippen LogP contribution in [0.4, 0.5) is 11.4 Å². The van der Waals surface area contributed by atoms with Crippen LogP contribution in [0.25, 0.3) is 0 Å². The van der Waals surface area contributed by atoms with E-state index >= 15 is 0 Å². The van der Waals surface area contributed by atoms with Gasteiger partial charge in [0.1, 0.15) is 0 Å². The molecule has 1 saturated heterocycles. The van der Waals surface area contributed by atoms with Gasteiger partial charge in [-0.1, -0.05) is 0 Å². The van der Waals surface area contributed by atoms with Crippen LogP contribution in [0.1, 0.15) is 23.2 Å². The summed E-state index contributed by atoms with van der Waals surface area (Å²) in [4.78, 5) is 11.5. The highest BCUT2D eigenvalue weighted by Gasteiger charge is 2.14. The number of rotatable bonds is 4. The summed E-state index contributed by atoms with van der Waals surface area (Å²) in [6.07, 6.45) is 2.15. The van der Waals surface area contributed by atoms with Gasteiger partial charge in [-0.05, 0) is 37.0 Å². The topological polar surface area (TPSA) is 73.6 Å². The summed E-state index contributed by atoms with van der Waals surface area (Å²) in [6, 6.07) is 5.33. The highest BCUT2D eigenvalue weighted by Crippen LogP contribution is 2.20. The van der Waals surface area contributed by atoms with Gasteiger partial charge in [-0.3, -0.25) is 0 Å². The number of benzene rings is 1. The summed E-state index contributed by atoms with van der Waals surface area (Å²) in [7, 11) is 1.35. The van der Waals surface area contributed by atoms with Crippen molar-refractivity contribution in [3.63, 3.8) is 0 Å². The van der Waals surface area contributed by atoms with Crippen molar-refractivity contribution in [3.05, 3.63) is 23.8 Å². The van der Waals surface area contributed by atoms with E-state index in [0.29, 0.717) is 17.2 Å². The molecular formula is C14H20N2O3. The monoisotopic (exact) mass is 264 g/mol. The van der Waals surface area contributed by atoms with Crippen LogP contribution in [0.15, 0.2) is 18.2 Å². The minimum Gasteiger partial charge on any atom is -0.465 e. The molecule has 5 nitrogen and oxygen atoms in total. The van der Waals surface area contributed by atoms with E-state index in [2.05, 4.69) is 5.32 Å². The highest BCUT2D eigenvalue weighted by atomic mass is 16.5. The molecule has 0 bridgehead atoms. The van der Waals surface area contributed by atoms with E-state index in [4.69, 9.17) is 15.2 Å². The number of nitrogen functional groups attached to an aromatic ring is 1. The third-order valence-electron chi connectivity index (χ3n) is 3.39. The van der Waals surface area contributed by atoms with E-state index < -0.39 is 5.97 Å². The molecule has 1 aromatic rings. The van der Waals surface area contributed by atoms with Crippen molar-refractivity contribution in [2.24, 2.45) is 5.92 Å². The largest absolute Gasteiger partial charge is 0.465 e. The van der Waals surface area contributed by atoms with Crippen molar-refractivity contribution < 1.29 is 14.3 Å². The average molecular weight is 264 g/mol. The fourth-order valence-electron chi connectivity index (χ4n) is 2.17. The second-order valence-corrected chi connectivity index (χ2v) is 4.73. The lowest BCUT2D eigenvalue weighted by molar-refractivity contribution is 0.0602. The van der Waals surface area contributed by atoms with Crippen LogP contribution in [-0.4, -0.2) is 32.8 Å². The maximum absolute atomic E-state index is 11.5. The summed E-state index contributed by atoms with van der Waals surface area (Å²) >= 11 is 0. The maximum atomic E-state index is 11.5. The van der Waals surface area contributed by atoms with Gasteiger partial charge in [-0.25, -0.2) is 4.79 Å². The molecular weight excluding hydrogens is 244 g/mol. The first-order chi connectivity index (χ1) is 9.20. The van der Waals surface area contributed by atoms with Crippen LogP contribution in [-0.2, 0) is 9.47 Å². The molecule has 0 unspecified atom stereocenters. The molecule has 2 rings (SSSR count). The second-order valence-electron chi connectivity index (χ2n) is 4.73. The first-order valence-corrected chi connectivity index (χ1v) is 6.50. The van der Waals surface area contributed by atoms with E-state index in [9.17, 15) is 4.79 Å². The summed E-state index contributed by atoms with van der Waals surface area (Å²) in [6.45, 7) is 2.55. The summed E-state index contributed by atoms with van der Waals surface area (Å²) in [5, 5.41) is 3.34. The Labute approximate surface area is 113 Å². The van der Waals surface area contributed by atoms with Crippen LogP contribution in [0.2, 0.25) is 0 Å². The maximum Gasteiger partial charge on any atom is 0.340 e. The number of hydrogen-bond acceptors (Lipinski definition) is 5. The number of carbonyl (C=O) groups is 1. The minimum absolute atomic E-state index is 0.402. The van der Waals surface area contributed by atoms with Crippen molar-refractivity contribution in [1.29, 1.82) is 0 Å². The lowest BCUT2D eigenvalue weighted by Gasteiger charge is -2.22. The van der Waals surface area contributed by atoms with E-state index in [1.165, 1.54) is 7.11 Å². The number of ether oxygens (including phenoxy) is 2. The van der Waals surface area contributed by atoms with E-state index in [1.54, 1.807) is 12.1 Å². The Morgan fingerprint density at radius 1 is 1.47 bits per heavy atom. The third-order valence-corrected chi connectivity index (χ3v) is 3.39. The molecule has 1 aliphatic rings. The summed E-state index contributed by atoms with van der Waals surface area (Å²) < 4.78 is 10.0. The van der Waals surface area contributed by atoms with E-state index in [0.717, 1.165) is 38.3 Å². The number of hydrogen-bond donors (Lipinski definition) is 2. The quantitative estimate of drug-likeness (QED) is 0.641. The van der Waals surface area contributed by atoms with Gasteiger partial charge < -0.3 is 20.5 Å². The highest BCUT2D eigenvalue weighted by molar-refractivity contribution is 5.96. The molecule has 5 heteroatoms. The number of carbonyl (C=O) groups excluding carboxylic acids is 1. The molecule has 0 aliphatic carbocycles. The smallest absolute Gasteiger partial charge is 0.340 e. The lowest BCUT2D eigenvalue weighted by atomic mass is 10.0. The normalized spacial score (nSPS) is 16.1. The molecule has 0 aromatic heterocycles. The Morgan fingerprint density at radius 2 is 2.21 bits per heavy atom. The Balaban J connectivity index is 1.98. The molecule has 0 radical (unpaired) electrons. The molecule has 1 heterocycles. The van der Waals surface area contributed by atoms with E-state index in [1.807, 2.05) is 6.07 Å². The van der Waals surface area contributed by atoms with Crippen molar-refractivity contribution in [1.82, 2.24) is 0 Å². The van der Waals surface area contributed by atoms with Crippen LogP contribution >= 0.6 is 0 Å². The molecule has 0 atom stereocenters. The number of nitrogens with two attached hydrogens (primary N) is 1. The Kier molecular flexibility index (Phi) is 4.63. The zero-order chi connectivity index (χ0) is 13.7. The fraction of sp³-hybridized carbons (Fsp3) is 0.500. The van der Waals surface area contributed by atoms with Crippen molar-refractivity contribution in [3.8, 4) is 0 Å². The minimum atomic E-state index is -0.410. The molecule has 3 N–H and O–H groups in total. The zero-order valence-corrected chi connectivity index (χ0v) is 11.1. The zero-order valence-electron chi connectivity index (χ0n) is 11.1. The van der Waals surface area contributed by atoms with Gasteiger partial charge in [0.25, 0.3) is 0 Å². The molecule has 0 saturated carbocycles. The van der Waals surface area contributed by atoms with Gasteiger partial charge in [0, 0.05) is 31.1 Å². The SMILES string of the molecule is COC(=O)c1cc(NCC2CCOCC2)ccc1N. The first-order valence-electron chi connectivity index (χ1n) is 6.50. The van der Waals surface area contributed by atoms with Gasteiger partial charge in [0.15, 0.2) is 0 Å². The number of methoxy groups -OCH3 is 1. The van der Waals surface area contributed by atoms with Crippen molar-refractivity contribution >= 4 is 17.3 Å². The first kappa shape index (κ1) is 13.7. The molecule has 1 fully saturated rings. The molecule has 104 valence electrons. The molecule has 0 spiro atoms. The van der Waals surface area contributed by atoms with Gasteiger partial charge in [0.2, 0.25) is 0 Å². The van der Waals surface area contributed by atoms with Crippen molar-refractivity contribution in [2.75, 3.05) is 37.9 Å². The molecule has 19 heavy (non-hydrogen) atoms. The van der Waals surface area contributed by atoms with Crippen LogP contribution in [0.5, 0.6) is 0 Å². The summed E-state index contributed by atoms with van der Waals surface area (Å²) in [5.41, 5.74) is 7.49. The average Bonchev–Trinajstić information content (AvgIpc) is 2.46. The standard InChI is InChI=1S/C14H20N2O3/c1-18-14(17)12-8-11(2-3-13(12)15)16-9-10-4-6-19-7-5-10/h2-3,8,10,16H,4-7,9,15H2,1H3. The Hall–Kier alpha value is -1.75. The Bertz CT molecular complexity index is 442. The van der Waals surface area contributed by atoms with Gasteiger partial charge in [-0.15, -0.1) is 0 Å². The summed E-state index contributed by atoms with van der Waals surface area (Å²) in [5.74, 6) is 0.208. The number of anilines is 2. The van der Waals surface area contributed by atoms with Gasteiger partial charge in [-0.2, -0.15) is 0 Å².